The standard InChI is InChI=1S/C18H28N4O3/c1-4-19-18(20-13-15-7-6-8-16(21-15)24-3)22-11-9-14(10-12-22)17(23)25-5-2/h6-8,14H,4-5,9-13H2,1-3H3,(H,19,20). The first-order valence-electron chi connectivity index (χ1n) is 8.87. The second-order valence-corrected chi connectivity index (χ2v) is 5.85. The van der Waals surface area contributed by atoms with Crippen molar-refractivity contribution in [3.8, 4) is 5.88 Å². The molecule has 0 atom stereocenters. The maximum atomic E-state index is 11.9. The summed E-state index contributed by atoms with van der Waals surface area (Å²) >= 11 is 0. The molecule has 1 aliphatic rings. The number of rotatable bonds is 6. The van der Waals surface area contributed by atoms with Crippen molar-refractivity contribution in [3.63, 3.8) is 0 Å². The van der Waals surface area contributed by atoms with E-state index in [2.05, 4.69) is 20.2 Å². The third kappa shape index (κ3) is 5.62. The highest BCUT2D eigenvalue weighted by molar-refractivity contribution is 5.80. The summed E-state index contributed by atoms with van der Waals surface area (Å²) in [6.45, 7) is 7.19. The van der Waals surface area contributed by atoms with E-state index in [1.807, 2.05) is 32.0 Å². The van der Waals surface area contributed by atoms with Gasteiger partial charge in [-0.3, -0.25) is 4.79 Å². The summed E-state index contributed by atoms with van der Waals surface area (Å²) in [5, 5.41) is 3.32. The normalized spacial score (nSPS) is 15.8. The van der Waals surface area contributed by atoms with Crippen LogP contribution >= 0.6 is 0 Å². The molecule has 0 aromatic carbocycles. The predicted molar refractivity (Wildman–Crippen MR) is 96.5 cm³/mol. The first kappa shape index (κ1) is 19.0. The molecule has 1 saturated heterocycles. The van der Waals surface area contributed by atoms with Gasteiger partial charge >= 0.3 is 5.97 Å². The number of esters is 1. The number of piperidine rings is 1. The molecule has 0 unspecified atom stereocenters. The summed E-state index contributed by atoms with van der Waals surface area (Å²) in [6, 6.07) is 5.66. The van der Waals surface area contributed by atoms with E-state index in [9.17, 15) is 4.79 Å². The highest BCUT2D eigenvalue weighted by Crippen LogP contribution is 2.19. The number of guanidine groups is 1. The van der Waals surface area contributed by atoms with Crippen molar-refractivity contribution in [2.75, 3.05) is 33.4 Å². The van der Waals surface area contributed by atoms with Gasteiger partial charge in [-0.2, -0.15) is 0 Å². The summed E-state index contributed by atoms with van der Waals surface area (Å²) in [5.74, 6) is 1.37. The highest BCUT2D eigenvalue weighted by Gasteiger charge is 2.27. The molecule has 0 amide bonds. The van der Waals surface area contributed by atoms with Crippen LogP contribution < -0.4 is 10.1 Å². The van der Waals surface area contributed by atoms with Gasteiger partial charge in [-0.1, -0.05) is 6.07 Å². The minimum atomic E-state index is -0.0790. The smallest absolute Gasteiger partial charge is 0.309 e. The Hall–Kier alpha value is -2.31. The minimum Gasteiger partial charge on any atom is -0.481 e. The molecule has 138 valence electrons. The quantitative estimate of drug-likeness (QED) is 0.480. The van der Waals surface area contributed by atoms with E-state index in [-0.39, 0.29) is 11.9 Å². The Morgan fingerprint density at radius 3 is 2.76 bits per heavy atom. The van der Waals surface area contributed by atoms with E-state index >= 15 is 0 Å². The summed E-state index contributed by atoms with van der Waals surface area (Å²) < 4.78 is 10.3. The molecular weight excluding hydrogens is 320 g/mol. The van der Waals surface area contributed by atoms with Crippen LogP contribution in [0.25, 0.3) is 0 Å². The van der Waals surface area contributed by atoms with Crippen molar-refractivity contribution in [2.24, 2.45) is 10.9 Å². The molecule has 2 heterocycles. The Kier molecular flexibility index (Phi) is 7.50. The monoisotopic (exact) mass is 348 g/mol. The number of hydrogen-bond acceptors (Lipinski definition) is 5. The first-order valence-corrected chi connectivity index (χ1v) is 8.87. The van der Waals surface area contributed by atoms with Crippen LogP contribution in [0, 0.1) is 5.92 Å². The third-order valence-corrected chi connectivity index (χ3v) is 4.13. The number of pyridine rings is 1. The van der Waals surface area contributed by atoms with Gasteiger partial charge in [-0.05, 0) is 32.8 Å². The van der Waals surface area contributed by atoms with Gasteiger partial charge < -0.3 is 19.7 Å². The van der Waals surface area contributed by atoms with Crippen LogP contribution in [0.15, 0.2) is 23.2 Å². The summed E-state index contributed by atoms with van der Waals surface area (Å²) in [7, 11) is 1.60. The van der Waals surface area contributed by atoms with Gasteiger partial charge in [-0.15, -0.1) is 0 Å². The van der Waals surface area contributed by atoms with Crippen LogP contribution in [0.3, 0.4) is 0 Å². The van der Waals surface area contributed by atoms with Crippen molar-refractivity contribution in [2.45, 2.75) is 33.2 Å². The van der Waals surface area contributed by atoms with Crippen molar-refractivity contribution in [1.29, 1.82) is 0 Å². The molecule has 1 fully saturated rings. The zero-order valence-electron chi connectivity index (χ0n) is 15.3. The zero-order valence-corrected chi connectivity index (χ0v) is 15.3. The number of methoxy groups -OCH3 is 1. The molecule has 0 saturated carbocycles. The Balaban J connectivity index is 1.97. The number of hydrogen-bond donors (Lipinski definition) is 1. The molecule has 0 aliphatic carbocycles. The molecule has 7 heteroatoms. The van der Waals surface area contributed by atoms with E-state index in [1.54, 1.807) is 7.11 Å². The molecular formula is C18H28N4O3. The maximum Gasteiger partial charge on any atom is 0.309 e. The largest absolute Gasteiger partial charge is 0.481 e. The van der Waals surface area contributed by atoms with Gasteiger partial charge in [0.1, 0.15) is 0 Å². The maximum absolute atomic E-state index is 11.9. The Morgan fingerprint density at radius 2 is 2.12 bits per heavy atom. The van der Waals surface area contributed by atoms with E-state index in [4.69, 9.17) is 9.47 Å². The number of nitrogens with one attached hydrogen (secondary N) is 1. The second kappa shape index (κ2) is 9.86. The van der Waals surface area contributed by atoms with Crippen molar-refractivity contribution < 1.29 is 14.3 Å². The SMILES string of the molecule is CCNC(=NCc1cccc(OC)n1)N1CCC(C(=O)OCC)CC1. The molecule has 0 bridgehead atoms. The summed E-state index contributed by atoms with van der Waals surface area (Å²) in [6.07, 6.45) is 1.58. The number of aliphatic imine (C=N–C) groups is 1. The molecule has 2 rings (SSSR count). The van der Waals surface area contributed by atoms with Crippen molar-refractivity contribution in [1.82, 2.24) is 15.2 Å². The fourth-order valence-electron chi connectivity index (χ4n) is 2.83. The fourth-order valence-corrected chi connectivity index (χ4v) is 2.83. The lowest BCUT2D eigenvalue weighted by molar-refractivity contribution is -0.149. The average molecular weight is 348 g/mol. The fraction of sp³-hybridized carbons (Fsp3) is 0.611. The van der Waals surface area contributed by atoms with Crippen LogP contribution in [0.2, 0.25) is 0 Å². The molecule has 0 radical (unpaired) electrons. The summed E-state index contributed by atoms with van der Waals surface area (Å²) in [4.78, 5) is 23.1. The van der Waals surface area contributed by atoms with Crippen molar-refractivity contribution >= 4 is 11.9 Å². The molecule has 1 aliphatic heterocycles. The van der Waals surface area contributed by atoms with E-state index in [0.717, 1.165) is 44.1 Å². The Bertz CT molecular complexity index is 583. The molecule has 1 aromatic rings. The van der Waals surface area contributed by atoms with Crippen LogP contribution in [0.4, 0.5) is 0 Å². The van der Waals surface area contributed by atoms with Gasteiger partial charge in [0.15, 0.2) is 5.96 Å². The molecule has 1 aromatic heterocycles. The minimum absolute atomic E-state index is 0.000808. The number of carbonyl (C=O) groups is 1. The van der Waals surface area contributed by atoms with Gasteiger partial charge in [-0.25, -0.2) is 9.98 Å². The van der Waals surface area contributed by atoms with Crippen LogP contribution in [-0.4, -0.2) is 55.2 Å². The second-order valence-electron chi connectivity index (χ2n) is 5.85. The number of aromatic nitrogens is 1. The van der Waals surface area contributed by atoms with E-state index in [0.29, 0.717) is 19.0 Å². The number of carbonyl (C=O) groups excluding carboxylic acids is 1. The lowest BCUT2D eigenvalue weighted by Gasteiger charge is -2.33. The molecule has 7 nitrogen and oxygen atoms in total. The van der Waals surface area contributed by atoms with Crippen LogP contribution in [0.5, 0.6) is 5.88 Å². The third-order valence-electron chi connectivity index (χ3n) is 4.13. The Labute approximate surface area is 149 Å². The van der Waals surface area contributed by atoms with Crippen LogP contribution in [0.1, 0.15) is 32.4 Å². The lowest BCUT2D eigenvalue weighted by Crippen LogP contribution is -2.46. The van der Waals surface area contributed by atoms with E-state index < -0.39 is 0 Å². The average Bonchev–Trinajstić information content (AvgIpc) is 2.65. The number of likely N-dealkylation sites (tertiary alicyclic amines) is 1. The van der Waals surface area contributed by atoms with Gasteiger partial charge in [0.2, 0.25) is 5.88 Å². The first-order chi connectivity index (χ1) is 12.2. The molecule has 1 N–H and O–H groups in total. The molecule has 0 spiro atoms. The van der Waals surface area contributed by atoms with Crippen molar-refractivity contribution in [3.05, 3.63) is 23.9 Å². The zero-order chi connectivity index (χ0) is 18.1. The van der Waals surface area contributed by atoms with Gasteiger partial charge in [0.05, 0.1) is 31.9 Å². The van der Waals surface area contributed by atoms with Crippen LogP contribution in [-0.2, 0) is 16.1 Å². The Morgan fingerprint density at radius 1 is 1.36 bits per heavy atom. The molecule has 25 heavy (non-hydrogen) atoms. The number of nitrogens with zero attached hydrogens (tertiary/aromatic N) is 3. The lowest BCUT2D eigenvalue weighted by atomic mass is 9.97. The van der Waals surface area contributed by atoms with Gasteiger partial charge in [0, 0.05) is 25.7 Å². The van der Waals surface area contributed by atoms with E-state index in [1.165, 1.54) is 0 Å². The highest BCUT2D eigenvalue weighted by atomic mass is 16.5. The number of ether oxygens (including phenoxy) is 2. The predicted octanol–water partition coefficient (Wildman–Crippen LogP) is 1.83. The topological polar surface area (TPSA) is 76.1 Å². The summed E-state index contributed by atoms with van der Waals surface area (Å²) in [5.41, 5.74) is 0.858. The van der Waals surface area contributed by atoms with Gasteiger partial charge in [0.25, 0.3) is 0 Å².